The molecule has 30 heavy (non-hydrogen) atoms. The molecule has 0 fully saturated rings. The molecule has 158 valence electrons. The number of hydrogen-bond donors (Lipinski definition) is 3. The second-order valence-corrected chi connectivity index (χ2v) is 8.15. The first-order valence-corrected chi connectivity index (χ1v) is 10.5. The van der Waals surface area contributed by atoms with Crippen LogP contribution in [0.1, 0.15) is 47.4 Å². The summed E-state index contributed by atoms with van der Waals surface area (Å²) in [7, 11) is 0. The van der Waals surface area contributed by atoms with Crippen LogP contribution in [0.25, 0.3) is 5.57 Å². The summed E-state index contributed by atoms with van der Waals surface area (Å²) in [5.41, 5.74) is 4.18. The van der Waals surface area contributed by atoms with Crippen LogP contribution in [-0.2, 0) is 0 Å². The van der Waals surface area contributed by atoms with Gasteiger partial charge in [0, 0.05) is 23.8 Å². The fourth-order valence-corrected chi connectivity index (χ4v) is 3.83. The summed E-state index contributed by atoms with van der Waals surface area (Å²) < 4.78 is 0. The van der Waals surface area contributed by atoms with E-state index < -0.39 is 12.1 Å². The molecule has 3 N–H and O–H groups in total. The number of halogens is 1. The van der Waals surface area contributed by atoms with Crippen LogP contribution in [0.2, 0.25) is 5.02 Å². The molecule has 0 radical (unpaired) electrons. The van der Waals surface area contributed by atoms with E-state index in [1.165, 1.54) is 0 Å². The highest BCUT2D eigenvalue weighted by Crippen LogP contribution is 2.30. The minimum Gasteiger partial charge on any atom is -0.478 e. The van der Waals surface area contributed by atoms with Crippen LogP contribution < -0.4 is 5.32 Å². The minimum atomic E-state index is -0.916. The van der Waals surface area contributed by atoms with Crippen molar-refractivity contribution < 1.29 is 15.0 Å². The highest BCUT2D eigenvalue weighted by atomic mass is 35.5. The number of aromatic carboxylic acids is 1. The number of allylic oxidation sites excluding steroid dienone is 2. The third kappa shape index (κ3) is 6.26. The number of aliphatic imine (C=N–C) groups is 1. The topological polar surface area (TPSA) is 81.9 Å². The maximum Gasteiger partial charge on any atom is 0.335 e. The molecular weight excluding hydrogens is 400 g/mol. The van der Waals surface area contributed by atoms with Gasteiger partial charge in [-0.05, 0) is 65.8 Å². The number of rotatable bonds is 8. The first kappa shape index (κ1) is 22.2. The average molecular weight is 427 g/mol. The lowest BCUT2D eigenvalue weighted by Gasteiger charge is -2.21. The number of aliphatic hydroxyl groups is 1. The van der Waals surface area contributed by atoms with Gasteiger partial charge >= 0.3 is 5.97 Å². The van der Waals surface area contributed by atoms with Crippen molar-refractivity contribution in [2.24, 2.45) is 10.9 Å². The number of hydrogen-bond acceptors (Lipinski definition) is 4. The lowest BCUT2D eigenvalue weighted by molar-refractivity contribution is 0.0697. The molecule has 0 aromatic heterocycles. The smallest absolute Gasteiger partial charge is 0.335 e. The standard InChI is InChI=1S/C24H27ClN2O3/c1-16-10-20(17-4-2-6-19(12-17)24(29)30)14-22(11-16)27-9-8-26-15-23(28)18-5-3-7-21(25)13-18/h2-7,12-14,16,23,26,28H,8-11,15H2,1H3,(H,29,30). The van der Waals surface area contributed by atoms with Crippen molar-refractivity contribution in [3.05, 3.63) is 76.3 Å². The van der Waals surface area contributed by atoms with E-state index in [4.69, 9.17) is 16.6 Å². The van der Waals surface area contributed by atoms with E-state index >= 15 is 0 Å². The Morgan fingerprint density at radius 3 is 2.80 bits per heavy atom. The Morgan fingerprint density at radius 2 is 2.03 bits per heavy atom. The average Bonchev–Trinajstić information content (AvgIpc) is 2.73. The lowest BCUT2D eigenvalue weighted by atomic mass is 9.85. The number of nitrogens with one attached hydrogen (secondary N) is 1. The lowest BCUT2D eigenvalue weighted by Crippen LogP contribution is -2.24. The van der Waals surface area contributed by atoms with Gasteiger partial charge in [0.05, 0.1) is 18.2 Å². The van der Waals surface area contributed by atoms with Crippen LogP contribution >= 0.6 is 11.6 Å². The molecule has 0 bridgehead atoms. The first-order chi connectivity index (χ1) is 14.4. The fraction of sp³-hybridized carbons (Fsp3) is 0.333. The molecule has 2 unspecified atom stereocenters. The second kappa shape index (κ2) is 10.5. The van der Waals surface area contributed by atoms with Gasteiger partial charge in [-0.2, -0.15) is 0 Å². The predicted molar refractivity (Wildman–Crippen MR) is 121 cm³/mol. The van der Waals surface area contributed by atoms with Crippen molar-refractivity contribution in [2.45, 2.75) is 25.9 Å². The van der Waals surface area contributed by atoms with Gasteiger partial charge in [0.25, 0.3) is 0 Å². The molecule has 6 heteroatoms. The van der Waals surface area contributed by atoms with Crippen LogP contribution in [-0.4, -0.2) is 41.5 Å². The monoisotopic (exact) mass is 426 g/mol. The quantitative estimate of drug-likeness (QED) is 0.538. The Labute approximate surface area is 182 Å². The maximum atomic E-state index is 11.2. The Balaban J connectivity index is 1.56. The van der Waals surface area contributed by atoms with Gasteiger partial charge in [0.15, 0.2) is 0 Å². The molecule has 2 aromatic carbocycles. The van der Waals surface area contributed by atoms with Crippen molar-refractivity contribution in [3.8, 4) is 0 Å². The molecule has 0 saturated carbocycles. The fourth-order valence-electron chi connectivity index (χ4n) is 3.64. The molecule has 3 rings (SSSR count). The number of nitrogens with zero attached hydrogens (tertiary/aromatic N) is 1. The molecule has 0 aliphatic heterocycles. The number of carbonyl (C=O) groups is 1. The van der Waals surface area contributed by atoms with Crippen LogP contribution in [0.4, 0.5) is 0 Å². The summed E-state index contributed by atoms with van der Waals surface area (Å²) in [6.07, 6.45) is 3.29. The van der Waals surface area contributed by atoms with Crippen molar-refractivity contribution >= 4 is 28.9 Å². The van der Waals surface area contributed by atoms with Crippen molar-refractivity contribution in [1.29, 1.82) is 0 Å². The Morgan fingerprint density at radius 1 is 1.23 bits per heavy atom. The zero-order valence-electron chi connectivity index (χ0n) is 17.0. The van der Waals surface area contributed by atoms with Crippen LogP contribution in [0, 0.1) is 5.92 Å². The zero-order chi connectivity index (χ0) is 21.5. The van der Waals surface area contributed by atoms with E-state index in [2.05, 4.69) is 18.3 Å². The Kier molecular flexibility index (Phi) is 7.80. The van der Waals surface area contributed by atoms with Crippen molar-refractivity contribution in [1.82, 2.24) is 5.32 Å². The molecule has 0 heterocycles. The Bertz CT molecular complexity index is 955. The van der Waals surface area contributed by atoms with E-state index in [9.17, 15) is 15.0 Å². The maximum absolute atomic E-state index is 11.2. The number of aliphatic hydroxyl groups excluding tert-OH is 1. The van der Waals surface area contributed by atoms with Gasteiger partial charge in [0.2, 0.25) is 0 Å². The van der Waals surface area contributed by atoms with Gasteiger partial charge in [-0.3, -0.25) is 4.99 Å². The molecule has 1 aliphatic carbocycles. The largest absolute Gasteiger partial charge is 0.478 e. The van der Waals surface area contributed by atoms with E-state index in [1.807, 2.05) is 18.2 Å². The number of benzene rings is 2. The molecule has 2 atom stereocenters. The van der Waals surface area contributed by atoms with Gasteiger partial charge < -0.3 is 15.5 Å². The van der Waals surface area contributed by atoms with E-state index in [1.54, 1.807) is 30.3 Å². The van der Waals surface area contributed by atoms with Crippen LogP contribution in [0.3, 0.4) is 0 Å². The normalized spacial score (nSPS) is 18.8. The highest BCUT2D eigenvalue weighted by Gasteiger charge is 2.17. The summed E-state index contributed by atoms with van der Waals surface area (Å²) in [6, 6.07) is 14.3. The summed E-state index contributed by atoms with van der Waals surface area (Å²) in [6.45, 7) is 3.89. The number of carboxylic acids is 1. The van der Waals surface area contributed by atoms with Gasteiger partial charge in [0.1, 0.15) is 0 Å². The molecule has 2 aromatic rings. The molecule has 1 aliphatic rings. The van der Waals surface area contributed by atoms with Crippen LogP contribution in [0.5, 0.6) is 0 Å². The summed E-state index contributed by atoms with van der Waals surface area (Å²) >= 11 is 5.97. The summed E-state index contributed by atoms with van der Waals surface area (Å²) in [5.74, 6) is -0.462. The van der Waals surface area contributed by atoms with E-state index in [0.717, 1.165) is 35.3 Å². The first-order valence-electron chi connectivity index (χ1n) is 10.1. The van der Waals surface area contributed by atoms with Crippen molar-refractivity contribution in [2.75, 3.05) is 19.6 Å². The van der Waals surface area contributed by atoms with E-state index in [-0.39, 0.29) is 0 Å². The van der Waals surface area contributed by atoms with Crippen molar-refractivity contribution in [3.63, 3.8) is 0 Å². The van der Waals surface area contributed by atoms with Crippen LogP contribution in [0.15, 0.2) is 59.6 Å². The molecule has 0 spiro atoms. The van der Waals surface area contributed by atoms with Gasteiger partial charge in [-0.1, -0.05) is 42.8 Å². The molecular formula is C24H27ClN2O3. The van der Waals surface area contributed by atoms with Gasteiger partial charge in [-0.25, -0.2) is 4.79 Å². The third-order valence-electron chi connectivity index (χ3n) is 5.12. The molecule has 0 amide bonds. The predicted octanol–water partition coefficient (Wildman–Crippen LogP) is 4.62. The molecule has 5 nitrogen and oxygen atoms in total. The minimum absolute atomic E-state index is 0.299. The summed E-state index contributed by atoms with van der Waals surface area (Å²) in [4.78, 5) is 16.0. The Hall–Kier alpha value is -2.47. The van der Waals surface area contributed by atoms with E-state index in [0.29, 0.717) is 36.1 Å². The van der Waals surface area contributed by atoms with Gasteiger partial charge in [-0.15, -0.1) is 0 Å². The zero-order valence-corrected chi connectivity index (χ0v) is 17.8. The highest BCUT2D eigenvalue weighted by molar-refractivity contribution is 6.30. The second-order valence-electron chi connectivity index (χ2n) is 7.72. The number of carboxylic acid groups (broad SMARTS) is 1. The summed E-state index contributed by atoms with van der Waals surface area (Å²) in [5, 5.41) is 23.3. The third-order valence-corrected chi connectivity index (χ3v) is 5.36. The SMILES string of the molecule is CC1CC(c2cccc(C(=O)O)c2)=CC(=NCCNCC(O)c2cccc(Cl)c2)C1. The molecule has 0 saturated heterocycles.